The summed E-state index contributed by atoms with van der Waals surface area (Å²) >= 11 is 0. The van der Waals surface area contributed by atoms with Crippen molar-refractivity contribution in [1.82, 2.24) is 10.2 Å². The zero-order valence-corrected chi connectivity index (χ0v) is 17.2. The van der Waals surface area contributed by atoms with Crippen LogP contribution in [0.1, 0.15) is 30.1 Å². The molecule has 0 bridgehead atoms. The minimum absolute atomic E-state index is 0.00961. The van der Waals surface area contributed by atoms with Crippen LogP contribution in [0.15, 0.2) is 48.5 Å². The number of hydrogen-bond donors (Lipinski definition) is 1. The molecule has 30 heavy (non-hydrogen) atoms. The maximum atomic E-state index is 13.0. The molecule has 2 heterocycles. The van der Waals surface area contributed by atoms with Crippen LogP contribution < -0.4 is 19.7 Å². The molecule has 2 fully saturated rings. The first-order valence-corrected chi connectivity index (χ1v) is 10.5. The van der Waals surface area contributed by atoms with Crippen LogP contribution in [-0.4, -0.2) is 55.7 Å². The molecule has 0 spiro atoms. The molecule has 2 aromatic carbocycles. The topological polar surface area (TPSA) is 71.1 Å². The number of rotatable bonds is 6. The SMILES string of the molecule is CCOc1ccccc1OC1CCN(C(=O)c2cccc(N3CCNC3=O)c2)CC1. The van der Waals surface area contributed by atoms with E-state index in [2.05, 4.69) is 5.32 Å². The van der Waals surface area contributed by atoms with Gasteiger partial charge in [-0.2, -0.15) is 0 Å². The molecule has 0 aliphatic carbocycles. The second kappa shape index (κ2) is 9.07. The average molecular weight is 409 g/mol. The molecule has 0 saturated carbocycles. The zero-order valence-electron chi connectivity index (χ0n) is 17.2. The third-order valence-corrected chi connectivity index (χ3v) is 5.43. The van der Waals surface area contributed by atoms with Crippen molar-refractivity contribution >= 4 is 17.6 Å². The van der Waals surface area contributed by atoms with Gasteiger partial charge in [0.1, 0.15) is 6.10 Å². The van der Waals surface area contributed by atoms with Crippen LogP contribution in [0.25, 0.3) is 0 Å². The first kappa shape index (κ1) is 20.1. The molecule has 7 heteroatoms. The molecular weight excluding hydrogens is 382 g/mol. The summed E-state index contributed by atoms with van der Waals surface area (Å²) in [5.74, 6) is 1.49. The van der Waals surface area contributed by atoms with Crippen LogP contribution in [-0.2, 0) is 0 Å². The molecule has 0 radical (unpaired) electrons. The summed E-state index contributed by atoms with van der Waals surface area (Å²) in [7, 11) is 0. The van der Waals surface area contributed by atoms with E-state index in [1.54, 1.807) is 17.0 Å². The molecule has 3 amide bonds. The van der Waals surface area contributed by atoms with Gasteiger partial charge >= 0.3 is 6.03 Å². The first-order chi connectivity index (χ1) is 14.7. The number of carbonyl (C=O) groups is 2. The lowest BCUT2D eigenvalue weighted by Crippen LogP contribution is -2.41. The van der Waals surface area contributed by atoms with E-state index in [0.29, 0.717) is 38.3 Å². The third-order valence-electron chi connectivity index (χ3n) is 5.43. The number of anilines is 1. The lowest BCUT2D eigenvalue weighted by Gasteiger charge is -2.32. The maximum absolute atomic E-state index is 13.0. The van der Waals surface area contributed by atoms with Crippen molar-refractivity contribution in [2.24, 2.45) is 0 Å². The molecular formula is C23H27N3O4. The van der Waals surface area contributed by atoms with E-state index in [4.69, 9.17) is 9.47 Å². The van der Waals surface area contributed by atoms with E-state index >= 15 is 0 Å². The van der Waals surface area contributed by atoms with Crippen LogP contribution in [0.3, 0.4) is 0 Å². The van der Waals surface area contributed by atoms with Gasteiger partial charge in [0.25, 0.3) is 5.91 Å². The van der Waals surface area contributed by atoms with Gasteiger partial charge in [-0.1, -0.05) is 18.2 Å². The number of amides is 3. The van der Waals surface area contributed by atoms with Crippen LogP contribution >= 0.6 is 0 Å². The number of benzene rings is 2. The normalized spacial score (nSPS) is 17.0. The Morgan fingerprint density at radius 1 is 1.07 bits per heavy atom. The van der Waals surface area contributed by atoms with Gasteiger partial charge in [-0.15, -0.1) is 0 Å². The number of piperidine rings is 1. The molecule has 158 valence electrons. The van der Waals surface area contributed by atoms with Gasteiger partial charge in [0, 0.05) is 50.3 Å². The summed E-state index contributed by atoms with van der Waals surface area (Å²) in [6.45, 7) is 5.04. The monoisotopic (exact) mass is 409 g/mol. The van der Waals surface area contributed by atoms with Crippen molar-refractivity contribution in [2.45, 2.75) is 25.9 Å². The number of nitrogens with one attached hydrogen (secondary N) is 1. The molecule has 2 aliphatic heterocycles. The fourth-order valence-corrected chi connectivity index (χ4v) is 3.89. The van der Waals surface area contributed by atoms with Crippen LogP contribution in [0.2, 0.25) is 0 Å². The van der Waals surface area contributed by atoms with E-state index in [9.17, 15) is 9.59 Å². The minimum atomic E-state index is -0.120. The number of hydrogen-bond acceptors (Lipinski definition) is 4. The summed E-state index contributed by atoms with van der Waals surface area (Å²) in [6.07, 6.45) is 1.58. The van der Waals surface area contributed by atoms with Crippen molar-refractivity contribution in [3.05, 3.63) is 54.1 Å². The Balaban J connectivity index is 1.36. The van der Waals surface area contributed by atoms with E-state index < -0.39 is 0 Å². The molecule has 2 aromatic rings. The molecule has 0 atom stereocenters. The first-order valence-electron chi connectivity index (χ1n) is 10.5. The predicted molar refractivity (Wildman–Crippen MR) is 114 cm³/mol. The highest BCUT2D eigenvalue weighted by molar-refractivity contribution is 5.98. The van der Waals surface area contributed by atoms with Crippen molar-refractivity contribution in [3.8, 4) is 11.5 Å². The fraction of sp³-hybridized carbons (Fsp3) is 0.391. The Kier molecular flexibility index (Phi) is 6.07. The van der Waals surface area contributed by atoms with Gasteiger partial charge in [-0.25, -0.2) is 4.79 Å². The van der Waals surface area contributed by atoms with Crippen LogP contribution in [0.4, 0.5) is 10.5 Å². The number of urea groups is 1. The van der Waals surface area contributed by atoms with Crippen molar-refractivity contribution in [3.63, 3.8) is 0 Å². The Morgan fingerprint density at radius 2 is 1.83 bits per heavy atom. The molecule has 0 aromatic heterocycles. The van der Waals surface area contributed by atoms with Crippen LogP contribution in [0.5, 0.6) is 11.5 Å². The maximum Gasteiger partial charge on any atom is 0.321 e. The van der Waals surface area contributed by atoms with Crippen molar-refractivity contribution in [1.29, 1.82) is 0 Å². The Bertz CT molecular complexity index is 909. The Morgan fingerprint density at radius 3 is 2.53 bits per heavy atom. The molecule has 2 saturated heterocycles. The van der Waals surface area contributed by atoms with Gasteiger partial charge in [0.15, 0.2) is 11.5 Å². The fourth-order valence-electron chi connectivity index (χ4n) is 3.89. The van der Waals surface area contributed by atoms with Gasteiger partial charge in [-0.05, 0) is 37.3 Å². The molecule has 7 nitrogen and oxygen atoms in total. The predicted octanol–water partition coefficient (Wildman–Crippen LogP) is 3.30. The quantitative estimate of drug-likeness (QED) is 0.795. The number of para-hydroxylation sites is 2. The molecule has 4 rings (SSSR count). The molecule has 2 aliphatic rings. The Labute approximate surface area is 176 Å². The second-order valence-electron chi connectivity index (χ2n) is 7.42. The largest absolute Gasteiger partial charge is 0.490 e. The minimum Gasteiger partial charge on any atom is -0.490 e. The highest BCUT2D eigenvalue weighted by Gasteiger charge is 2.27. The summed E-state index contributed by atoms with van der Waals surface area (Å²) < 4.78 is 11.8. The summed E-state index contributed by atoms with van der Waals surface area (Å²) in [5.41, 5.74) is 1.36. The third kappa shape index (κ3) is 4.35. The van der Waals surface area contributed by atoms with Crippen LogP contribution in [0, 0.1) is 0 Å². The number of likely N-dealkylation sites (tertiary alicyclic amines) is 1. The molecule has 0 unspecified atom stereocenters. The summed E-state index contributed by atoms with van der Waals surface area (Å²) in [4.78, 5) is 28.4. The van der Waals surface area contributed by atoms with Gasteiger partial charge in [-0.3, -0.25) is 9.69 Å². The summed E-state index contributed by atoms with van der Waals surface area (Å²) in [6, 6.07) is 14.9. The number of nitrogens with zero attached hydrogens (tertiary/aromatic N) is 2. The van der Waals surface area contributed by atoms with Gasteiger partial charge < -0.3 is 19.7 Å². The number of carbonyl (C=O) groups excluding carboxylic acids is 2. The average Bonchev–Trinajstić information content (AvgIpc) is 3.21. The highest BCUT2D eigenvalue weighted by atomic mass is 16.5. The summed E-state index contributed by atoms with van der Waals surface area (Å²) in [5, 5.41) is 2.79. The number of ether oxygens (including phenoxy) is 2. The Hall–Kier alpha value is -3.22. The van der Waals surface area contributed by atoms with Gasteiger partial charge in [0.05, 0.1) is 6.61 Å². The molecule has 1 N–H and O–H groups in total. The van der Waals surface area contributed by atoms with E-state index in [0.717, 1.165) is 30.0 Å². The van der Waals surface area contributed by atoms with Crippen molar-refractivity contribution < 1.29 is 19.1 Å². The van der Waals surface area contributed by atoms with Gasteiger partial charge in [0.2, 0.25) is 0 Å². The second-order valence-corrected chi connectivity index (χ2v) is 7.42. The highest BCUT2D eigenvalue weighted by Crippen LogP contribution is 2.29. The van der Waals surface area contributed by atoms with E-state index in [1.807, 2.05) is 48.2 Å². The zero-order chi connectivity index (χ0) is 20.9. The van der Waals surface area contributed by atoms with Crippen molar-refractivity contribution in [2.75, 3.05) is 37.7 Å². The lowest BCUT2D eigenvalue weighted by atomic mass is 10.1. The van der Waals surface area contributed by atoms with E-state index in [-0.39, 0.29) is 18.0 Å². The van der Waals surface area contributed by atoms with E-state index in [1.165, 1.54) is 0 Å². The standard InChI is InChI=1S/C23H27N3O4/c1-2-29-20-8-3-4-9-21(20)30-19-10-13-25(14-11-19)22(27)17-6-5-7-18(16-17)26-15-12-24-23(26)28/h3-9,16,19H,2,10-15H2,1H3,(H,24,28). The lowest BCUT2D eigenvalue weighted by molar-refractivity contribution is 0.0589. The smallest absolute Gasteiger partial charge is 0.321 e.